The molecule has 0 bridgehead atoms. The zero-order chi connectivity index (χ0) is 28.6. The van der Waals surface area contributed by atoms with E-state index in [1.165, 1.54) is 4.57 Å². The number of ether oxygens (including phenoxy) is 2. The molecule has 4 rings (SSSR count). The number of halogens is 1. The number of carbonyl (C=O) groups is 4. The van der Waals surface area contributed by atoms with Crippen LogP contribution in [0.3, 0.4) is 0 Å². The van der Waals surface area contributed by atoms with Crippen LogP contribution in [-0.2, 0) is 23.9 Å². The lowest BCUT2D eigenvalue weighted by atomic mass is 9.92. The van der Waals surface area contributed by atoms with E-state index in [-0.39, 0.29) is 43.5 Å². The Morgan fingerprint density at radius 1 is 0.900 bits per heavy atom. The topological polar surface area (TPSA) is 91.7 Å². The van der Waals surface area contributed by atoms with Crippen molar-refractivity contribution in [3.8, 4) is 0 Å². The molecule has 1 aromatic heterocycles. The Morgan fingerprint density at radius 2 is 1.50 bits per heavy atom. The summed E-state index contributed by atoms with van der Waals surface area (Å²) in [5.41, 5.74) is 1.38. The van der Waals surface area contributed by atoms with Gasteiger partial charge in [-0.3, -0.25) is 14.4 Å². The number of hydrogen-bond acceptors (Lipinski definition) is 6. The van der Waals surface area contributed by atoms with Gasteiger partial charge in [0.2, 0.25) is 0 Å². The maximum Gasteiger partial charge on any atom is 0.419 e. The number of nitrogens with zero attached hydrogens (tertiary/aromatic N) is 1. The van der Waals surface area contributed by atoms with Crippen LogP contribution in [0.15, 0.2) is 48.5 Å². The molecule has 0 aliphatic heterocycles. The SMILES string of the molecule is CC(C)[C@H](OC(=O)n1c2ccccc2c2ccccc21)C(=O)CCCC(CC(=O)OC1CCCCC1)C(=O)CF. The Labute approximate surface area is 234 Å². The van der Waals surface area contributed by atoms with Crippen LogP contribution in [0.2, 0.25) is 0 Å². The van der Waals surface area contributed by atoms with Crippen molar-refractivity contribution >= 4 is 45.4 Å². The number of fused-ring (bicyclic) bond motifs is 3. The molecule has 2 atom stereocenters. The highest BCUT2D eigenvalue weighted by molar-refractivity contribution is 6.12. The van der Waals surface area contributed by atoms with Crippen LogP contribution in [0.4, 0.5) is 9.18 Å². The number of ketones is 2. The van der Waals surface area contributed by atoms with E-state index in [1.54, 1.807) is 13.8 Å². The molecule has 1 aliphatic carbocycles. The summed E-state index contributed by atoms with van der Waals surface area (Å²) in [5, 5.41) is 1.82. The van der Waals surface area contributed by atoms with Crippen molar-refractivity contribution in [3.63, 3.8) is 0 Å². The molecule has 0 radical (unpaired) electrons. The molecular formula is C32H38FNO6. The van der Waals surface area contributed by atoms with Crippen LogP contribution < -0.4 is 0 Å². The van der Waals surface area contributed by atoms with Crippen molar-refractivity contribution < 1.29 is 33.0 Å². The average Bonchev–Trinajstić information content (AvgIpc) is 3.29. The standard InChI is InChI=1S/C32H38FNO6/c1-21(2)31(40-32(38)34-26-16-8-6-14-24(26)25-15-7-9-17-27(25)34)28(35)18-10-11-22(29(36)20-33)19-30(37)39-23-12-4-3-5-13-23/h6-9,14-17,21-23,31H,3-5,10-13,18-20H2,1-2H3/t22?,31-/m0/s1. The second-order valence-corrected chi connectivity index (χ2v) is 11.0. The number of alkyl halides is 1. The fourth-order valence-corrected chi connectivity index (χ4v) is 5.62. The number of carbonyl (C=O) groups excluding carboxylic acids is 4. The van der Waals surface area contributed by atoms with Gasteiger partial charge in [0, 0.05) is 23.1 Å². The van der Waals surface area contributed by atoms with Gasteiger partial charge in [-0.15, -0.1) is 0 Å². The van der Waals surface area contributed by atoms with E-state index in [1.807, 2.05) is 48.5 Å². The second kappa shape index (κ2) is 13.7. The van der Waals surface area contributed by atoms with E-state index in [4.69, 9.17) is 9.47 Å². The molecule has 0 saturated heterocycles. The van der Waals surface area contributed by atoms with Gasteiger partial charge in [0.1, 0.15) is 12.8 Å². The van der Waals surface area contributed by atoms with Crippen molar-refractivity contribution in [2.45, 2.75) is 83.8 Å². The van der Waals surface area contributed by atoms with Crippen molar-refractivity contribution in [1.29, 1.82) is 0 Å². The zero-order valence-electron chi connectivity index (χ0n) is 23.3. The lowest BCUT2D eigenvalue weighted by Gasteiger charge is -2.23. The molecule has 0 N–H and O–H groups in total. The Bertz CT molecular complexity index is 1300. The summed E-state index contributed by atoms with van der Waals surface area (Å²) in [4.78, 5) is 51.2. The molecule has 8 heteroatoms. The van der Waals surface area contributed by atoms with Crippen molar-refractivity contribution in [3.05, 3.63) is 48.5 Å². The predicted octanol–water partition coefficient (Wildman–Crippen LogP) is 6.96. The van der Waals surface area contributed by atoms with Crippen molar-refractivity contribution in [2.24, 2.45) is 11.8 Å². The van der Waals surface area contributed by atoms with Crippen LogP contribution in [0.1, 0.15) is 71.6 Å². The molecule has 0 amide bonds. The third kappa shape index (κ3) is 6.95. The number of rotatable bonds is 12. The van der Waals surface area contributed by atoms with Gasteiger partial charge in [-0.25, -0.2) is 13.8 Å². The lowest BCUT2D eigenvalue weighted by molar-refractivity contribution is -0.153. The van der Waals surface area contributed by atoms with Gasteiger partial charge in [0.25, 0.3) is 0 Å². The highest BCUT2D eigenvalue weighted by Gasteiger charge is 2.30. The fraction of sp³-hybridized carbons (Fsp3) is 0.500. The normalized spacial score (nSPS) is 15.7. The molecular weight excluding hydrogens is 513 g/mol. The molecule has 0 spiro atoms. The molecule has 7 nitrogen and oxygen atoms in total. The smallest absolute Gasteiger partial charge is 0.419 e. The zero-order valence-corrected chi connectivity index (χ0v) is 23.3. The van der Waals surface area contributed by atoms with Gasteiger partial charge in [-0.2, -0.15) is 0 Å². The van der Waals surface area contributed by atoms with Crippen LogP contribution >= 0.6 is 0 Å². The summed E-state index contributed by atoms with van der Waals surface area (Å²) < 4.78 is 26.0. The maximum atomic E-state index is 13.4. The number of esters is 1. The minimum atomic E-state index is -1.17. The molecule has 40 heavy (non-hydrogen) atoms. The number of para-hydroxylation sites is 2. The Kier molecular flexibility index (Phi) is 10.1. The largest absolute Gasteiger partial charge is 0.462 e. The number of Topliss-reactive ketones (excluding diaryl/α,β-unsaturated/α-hetero) is 2. The van der Waals surface area contributed by atoms with Crippen LogP contribution in [0, 0.1) is 11.8 Å². The molecule has 1 unspecified atom stereocenters. The molecule has 2 aromatic carbocycles. The van der Waals surface area contributed by atoms with Gasteiger partial charge in [0.05, 0.1) is 17.5 Å². The van der Waals surface area contributed by atoms with E-state index in [0.29, 0.717) is 11.0 Å². The summed E-state index contributed by atoms with van der Waals surface area (Å²) in [6.45, 7) is 2.44. The first-order chi connectivity index (χ1) is 19.3. The quantitative estimate of drug-likeness (QED) is 0.226. The lowest BCUT2D eigenvalue weighted by Crippen LogP contribution is -2.34. The third-order valence-corrected chi connectivity index (χ3v) is 7.74. The molecule has 3 aromatic rings. The first kappa shape index (κ1) is 29.4. The van der Waals surface area contributed by atoms with Gasteiger partial charge in [-0.1, -0.05) is 56.7 Å². The van der Waals surface area contributed by atoms with Gasteiger partial charge >= 0.3 is 12.1 Å². The molecule has 1 fully saturated rings. The Hall–Kier alpha value is -3.55. The summed E-state index contributed by atoms with van der Waals surface area (Å²) in [7, 11) is 0. The van der Waals surface area contributed by atoms with Crippen LogP contribution in [-0.4, -0.2) is 47.1 Å². The molecule has 1 aliphatic rings. The summed E-state index contributed by atoms with van der Waals surface area (Å²) in [6, 6.07) is 15.0. The molecule has 214 valence electrons. The van der Waals surface area contributed by atoms with E-state index in [9.17, 15) is 23.6 Å². The number of hydrogen-bond donors (Lipinski definition) is 0. The Balaban J connectivity index is 1.38. The Morgan fingerprint density at radius 3 is 2.08 bits per heavy atom. The van der Waals surface area contributed by atoms with E-state index in [2.05, 4.69) is 0 Å². The monoisotopic (exact) mass is 551 g/mol. The highest BCUT2D eigenvalue weighted by Crippen LogP contribution is 2.29. The minimum absolute atomic E-state index is 0.0387. The average molecular weight is 552 g/mol. The predicted molar refractivity (Wildman–Crippen MR) is 151 cm³/mol. The van der Waals surface area contributed by atoms with Crippen LogP contribution in [0.25, 0.3) is 21.8 Å². The van der Waals surface area contributed by atoms with Crippen molar-refractivity contribution in [2.75, 3.05) is 6.67 Å². The third-order valence-electron chi connectivity index (χ3n) is 7.74. The fourth-order valence-electron chi connectivity index (χ4n) is 5.62. The first-order valence-electron chi connectivity index (χ1n) is 14.3. The highest BCUT2D eigenvalue weighted by atomic mass is 19.1. The molecule has 1 saturated carbocycles. The van der Waals surface area contributed by atoms with Crippen molar-refractivity contribution in [1.82, 2.24) is 4.57 Å². The second-order valence-electron chi connectivity index (χ2n) is 11.0. The van der Waals surface area contributed by atoms with Gasteiger partial charge in [0.15, 0.2) is 17.7 Å². The van der Waals surface area contributed by atoms with E-state index < -0.39 is 36.5 Å². The summed E-state index contributed by atoms with van der Waals surface area (Å²) in [5.74, 6) is -2.55. The van der Waals surface area contributed by atoms with Gasteiger partial charge in [-0.05, 0) is 56.6 Å². The minimum Gasteiger partial charge on any atom is -0.462 e. The molecule has 1 heterocycles. The number of benzene rings is 2. The van der Waals surface area contributed by atoms with E-state index >= 15 is 0 Å². The number of aromatic nitrogens is 1. The first-order valence-corrected chi connectivity index (χ1v) is 14.3. The van der Waals surface area contributed by atoms with Gasteiger partial charge < -0.3 is 9.47 Å². The van der Waals surface area contributed by atoms with E-state index in [0.717, 1.165) is 42.9 Å². The van der Waals surface area contributed by atoms with Crippen LogP contribution in [0.5, 0.6) is 0 Å². The maximum absolute atomic E-state index is 13.4. The summed E-state index contributed by atoms with van der Waals surface area (Å²) >= 11 is 0. The summed E-state index contributed by atoms with van der Waals surface area (Å²) in [6.07, 6.45) is 3.28.